The first-order chi connectivity index (χ1) is 12.2. The Morgan fingerprint density at radius 2 is 2.08 bits per heavy atom. The molecule has 5 heteroatoms. The number of carbonyl (C=O) groups is 1. The lowest BCUT2D eigenvalue weighted by molar-refractivity contribution is -0.157. The molecule has 0 aromatic heterocycles. The third-order valence-corrected chi connectivity index (χ3v) is 6.27. The lowest BCUT2D eigenvalue weighted by atomic mass is 9.75. The minimum absolute atomic E-state index is 0.0273. The van der Waals surface area contributed by atoms with Gasteiger partial charge in [0.15, 0.2) is 0 Å². The van der Waals surface area contributed by atoms with Crippen molar-refractivity contribution in [2.75, 3.05) is 59.1 Å². The SMILES string of the molecule is C=CCN1C[C@H]2CN(CC3CCOCC3)CCC[C@@]2(C(=O)OCC)C1. The first-order valence-corrected chi connectivity index (χ1v) is 9.98. The first-order valence-electron chi connectivity index (χ1n) is 9.98. The fourth-order valence-corrected chi connectivity index (χ4v) is 5.01. The van der Waals surface area contributed by atoms with E-state index in [1.165, 1.54) is 12.8 Å². The molecular formula is C20H34N2O3. The Bertz CT molecular complexity index is 464. The number of esters is 1. The molecule has 25 heavy (non-hydrogen) atoms. The van der Waals surface area contributed by atoms with Gasteiger partial charge in [0.2, 0.25) is 0 Å². The van der Waals surface area contributed by atoms with Crippen LogP contribution in [0.15, 0.2) is 12.7 Å². The molecule has 142 valence electrons. The number of likely N-dealkylation sites (tertiary alicyclic amines) is 2. The molecule has 0 bridgehead atoms. The van der Waals surface area contributed by atoms with Crippen LogP contribution < -0.4 is 0 Å². The Morgan fingerprint density at radius 1 is 1.32 bits per heavy atom. The molecule has 3 aliphatic rings. The second-order valence-electron chi connectivity index (χ2n) is 7.98. The molecular weight excluding hydrogens is 316 g/mol. The van der Waals surface area contributed by atoms with Crippen molar-refractivity contribution in [2.24, 2.45) is 17.3 Å². The summed E-state index contributed by atoms with van der Waals surface area (Å²) in [5.41, 5.74) is -0.316. The minimum atomic E-state index is -0.316. The smallest absolute Gasteiger partial charge is 0.313 e. The summed E-state index contributed by atoms with van der Waals surface area (Å²) in [6.07, 6.45) is 6.33. The number of fused-ring (bicyclic) bond motifs is 1. The maximum Gasteiger partial charge on any atom is 0.313 e. The molecule has 3 fully saturated rings. The van der Waals surface area contributed by atoms with Gasteiger partial charge in [-0.1, -0.05) is 6.08 Å². The Labute approximate surface area is 152 Å². The van der Waals surface area contributed by atoms with Gasteiger partial charge in [-0.25, -0.2) is 0 Å². The summed E-state index contributed by atoms with van der Waals surface area (Å²) >= 11 is 0. The molecule has 3 saturated heterocycles. The van der Waals surface area contributed by atoms with Crippen LogP contribution in [0.5, 0.6) is 0 Å². The van der Waals surface area contributed by atoms with E-state index in [-0.39, 0.29) is 11.4 Å². The van der Waals surface area contributed by atoms with Crippen LogP contribution in [0.3, 0.4) is 0 Å². The molecule has 2 atom stereocenters. The molecule has 0 saturated carbocycles. The van der Waals surface area contributed by atoms with Crippen molar-refractivity contribution < 1.29 is 14.3 Å². The number of carbonyl (C=O) groups excluding carboxylic acids is 1. The summed E-state index contributed by atoms with van der Waals surface area (Å²) in [6, 6.07) is 0. The van der Waals surface area contributed by atoms with E-state index in [4.69, 9.17) is 9.47 Å². The van der Waals surface area contributed by atoms with Crippen LogP contribution in [0.25, 0.3) is 0 Å². The highest BCUT2D eigenvalue weighted by atomic mass is 16.5. The van der Waals surface area contributed by atoms with Crippen LogP contribution in [0, 0.1) is 17.3 Å². The van der Waals surface area contributed by atoms with E-state index in [0.29, 0.717) is 12.5 Å². The van der Waals surface area contributed by atoms with Crippen molar-refractivity contribution in [3.8, 4) is 0 Å². The molecule has 0 aromatic carbocycles. The maximum atomic E-state index is 12.9. The molecule has 0 radical (unpaired) electrons. The zero-order chi connectivity index (χ0) is 17.7. The van der Waals surface area contributed by atoms with E-state index in [9.17, 15) is 4.79 Å². The zero-order valence-electron chi connectivity index (χ0n) is 15.8. The van der Waals surface area contributed by atoms with E-state index < -0.39 is 0 Å². The number of rotatable bonds is 6. The highest BCUT2D eigenvalue weighted by Gasteiger charge is 2.53. The second-order valence-corrected chi connectivity index (χ2v) is 7.98. The van der Waals surface area contributed by atoms with Crippen LogP contribution in [0.4, 0.5) is 0 Å². The van der Waals surface area contributed by atoms with Gasteiger partial charge in [-0.3, -0.25) is 9.69 Å². The average Bonchev–Trinajstić information content (AvgIpc) is 2.85. The molecule has 0 spiro atoms. The van der Waals surface area contributed by atoms with E-state index in [2.05, 4.69) is 16.4 Å². The van der Waals surface area contributed by atoms with Gasteiger partial charge in [-0.2, -0.15) is 0 Å². The van der Waals surface area contributed by atoms with Gasteiger partial charge in [-0.15, -0.1) is 6.58 Å². The van der Waals surface area contributed by atoms with Gasteiger partial charge >= 0.3 is 5.97 Å². The minimum Gasteiger partial charge on any atom is -0.466 e. The number of ether oxygens (including phenoxy) is 2. The van der Waals surface area contributed by atoms with Crippen LogP contribution in [0.2, 0.25) is 0 Å². The third kappa shape index (κ3) is 4.26. The molecule has 0 aromatic rings. The van der Waals surface area contributed by atoms with Gasteiger partial charge in [-0.05, 0) is 45.1 Å². The van der Waals surface area contributed by atoms with E-state index in [1.54, 1.807) is 0 Å². The van der Waals surface area contributed by atoms with Crippen molar-refractivity contribution in [3.05, 3.63) is 12.7 Å². The van der Waals surface area contributed by atoms with Crippen LogP contribution in [-0.2, 0) is 14.3 Å². The van der Waals surface area contributed by atoms with Gasteiger partial charge in [0, 0.05) is 51.9 Å². The molecule has 0 aliphatic carbocycles. The highest BCUT2D eigenvalue weighted by molar-refractivity contribution is 5.78. The summed E-state index contributed by atoms with van der Waals surface area (Å²) in [6.45, 7) is 14.0. The summed E-state index contributed by atoms with van der Waals surface area (Å²) in [5, 5.41) is 0. The molecule has 3 heterocycles. The quantitative estimate of drug-likeness (QED) is 0.542. The Hall–Kier alpha value is -0.910. The van der Waals surface area contributed by atoms with Crippen LogP contribution in [-0.4, -0.2) is 74.9 Å². The lowest BCUT2D eigenvalue weighted by Crippen LogP contribution is -2.43. The summed E-state index contributed by atoms with van der Waals surface area (Å²) in [5.74, 6) is 1.14. The fourth-order valence-electron chi connectivity index (χ4n) is 5.01. The van der Waals surface area contributed by atoms with E-state index in [0.717, 1.165) is 71.2 Å². The third-order valence-electron chi connectivity index (χ3n) is 6.27. The van der Waals surface area contributed by atoms with E-state index in [1.807, 2.05) is 13.0 Å². The lowest BCUT2D eigenvalue weighted by Gasteiger charge is -2.33. The van der Waals surface area contributed by atoms with Crippen molar-refractivity contribution in [1.29, 1.82) is 0 Å². The Kier molecular flexibility index (Phi) is 6.53. The van der Waals surface area contributed by atoms with E-state index >= 15 is 0 Å². The molecule has 0 N–H and O–H groups in total. The highest BCUT2D eigenvalue weighted by Crippen LogP contribution is 2.44. The first kappa shape index (κ1) is 18.9. The Balaban J connectivity index is 1.70. The van der Waals surface area contributed by atoms with Crippen LogP contribution in [0.1, 0.15) is 32.6 Å². The number of hydrogen-bond acceptors (Lipinski definition) is 5. The van der Waals surface area contributed by atoms with Gasteiger partial charge in [0.25, 0.3) is 0 Å². The molecule has 3 rings (SSSR count). The average molecular weight is 351 g/mol. The van der Waals surface area contributed by atoms with Gasteiger partial charge in [0.1, 0.15) is 0 Å². The number of nitrogens with zero attached hydrogens (tertiary/aromatic N) is 2. The van der Waals surface area contributed by atoms with Crippen molar-refractivity contribution in [2.45, 2.75) is 32.6 Å². The summed E-state index contributed by atoms with van der Waals surface area (Å²) < 4.78 is 11.0. The van der Waals surface area contributed by atoms with Crippen molar-refractivity contribution >= 4 is 5.97 Å². The van der Waals surface area contributed by atoms with Gasteiger partial charge in [0.05, 0.1) is 12.0 Å². The monoisotopic (exact) mass is 350 g/mol. The summed E-state index contributed by atoms with van der Waals surface area (Å²) in [7, 11) is 0. The van der Waals surface area contributed by atoms with Crippen LogP contribution >= 0.6 is 0 Å². The predicted molar refractivity (Wildman–Crippen MR) is 98.4 cm³/mol. The summed E-state index contributed by atoms with van der Waals surface area (Å²) in [4.78, 5) is 17.9. The molecule has 0 amide bonds. The normalized spacial score (nSPS) is 32.1. The molecule has 0 unspecified atom stereocenters. The van der Waals surface area contributed by atoms with Crippen molar-refractivity contribution in [1.82, 2.24) is 9.80 Å². The standard InChI is InChI=1S/C20H34N2O3/c1-3-9-22-15-18-14-21(13-17-6-11-24-12-7-17)10-5-8-20(18,16-22)19(23)25-4-2/h3,17-18H,1,4-16H2,2H3/t18-,20-/m1/s1. The topological polar surface area (TPSA) is 42.0 Å². The predicted octanol–water partition coefficient (Wildman–Crippen LogP) is 2.18. The molecule has 3 aliphatic heterocycles. The Morgan fingerprint density at radius 3 is 2.80 bits per heavy atom. The number of hydrogen-bond donors (Lipinski definition) is 0. The largest absolute Gasteiger partial charge is 0.466 e. The molecule has 5 nitrogen and oxygen atoms in total. The zero-order valence-corrected chi connectivity index (χ0v) is 15.8. The maximum absolute atomic E-state index is 12.9. The van der Waals surface area contributed by atoms with Gasteiger partial charge < -0.3 is 14.4 Å². The second kappa shape index (κ2) is 8.65. The fraction of sp³-hybridized carbons (Fsp3) is 0.850. The van der Waals surface area contributed by atoms with Crippen molar-refractivity contribution in [3.63, 3.8) is 0 Å².